The average Bonchev–Trinajstić information content (AvgIpc) is 2.87. The first-order chi connectivity index (χ1) is 11.0. The third-order valence-electron chi connectivity index (χ3n) is 4.13. The highest BCUT2D eigenvalue weighted by Gasteiger charge is 2.24. The molecule has 0 bridgehead atoms. The van der Waals surface area contributed by atoms with Gasteiger partial charge in [0.25, 0.3) is 0 Å². The minimum absolute atomic E-state index is 0.225. The molecule has 0 N–H and O–H groups in total. The maximum Gasteiger partial charge on any atom is 0.519 e. The van der Waals surface area contributed by atoms with E-state index in [1.54, 1.807) is 6.07 Å². The molecule has 23 heavy (non-hydrogen) atoms. The van der Waals surface area contributed by atoms with Crippen molar-refractivity contribution in [3.63, 3.8) is 0 Å². The molecule has 1 aliphatic heterocycles. The number of esters is 1. The lowest BCUT2D eigenvalue weighted by atomic mass is 9.90. The number of ether oxygens (including phenoxy) is 1. The van der Waals surface area contributed by atoms with Crippen LogP contribution in [-0.4, -0.2) is 5.97 Å². The topological polar surface area (TPSA) is 69.7 Å². The molecule has 0 saturated heterocycles. The standard InChI is InChI=1S/C18H14O5/c1-9-7-12(17-14(8-9)22-18(20)23-17)16-10(2)3-5-13-11(16)4-6-15(19)21-13/h3,5,7-8H,4,6H2,1-2H3. The van der Waals surface area contributed by atoms with Crippen LogP contribution in [0.3, 0.4) is 0 Å². The van der Waals surface area contributed by atoms with Crippen LogP contribution in [0.1, 0.15) is 23.1 Å². The second-order valence-corrected chi connectivity index (χ2v) is 5.80. The number of hydrogen-bond donors (Lipinski definition) is 0. The quantitative estimate of drug-likeness (QED) is 0.508. The van der Waals surface area contributed by atoms with Gasteiger partial charge in [-0.2, -0.15) is 0 Å². The van der Waals surface area contributed by atoms with Crippen molar-refractivity contribution in [2.45, 2.75) is 26.7 Å². The Morgan fingerprint density at radius 1 is 1.00 bits per heavy atom. The second kappa shape index (κ2) is 4.84. The normalized spacial score (nSPS) is 13.9. The first kappa shape index (κ1) is 13.8. The fourth-order valence-corrected chi connectivity index (χ4v) is 3.17. The number of carbonyl (C=O) groups excluding carboxylic acids is 1. The zero-order chi connectivity index (χ0) is 16.1. The van der Waals surface area contributed by atoms with Crippen LogP contribution in [0.15, 0.2) is 37.9 Å². The maximum atomic E-state index is 11.5. The Hall–Kier alpha value is -2.82. The van der Waals surface area contributed by atoms with Gasteiger partial charge in [0.05, 0.1) is 6.42 Å². The summed E-state index contributed by atoms with van der Waals surface area (Å²) >= 11 is 0. The molecule has 1 aromatic heterocycles. The minimum Gasteiger partial charge on any atom is -0.426 e. The molecule has 0 unspecified atom stereocenters. The smallest absolute Gasteiger partial charge is 0.426 e. The molecule has 0 atom stereocenters. The predicted molar refractivity (Wildman–Crippen MR) is 83.6 cm³/mol. The van der Waals surface area contributed by atoms with Gasteiger partial charge < -0.3 is 13.6 Å². The lowest BCUT2D eigenvalue weighted by Crippen LogP contribution is -2.16. The molecule has 0 amide bonds. The summed E-state index contributed by atoms with van der Waals surface area (Å²) in [6.45, 7) is 3.92. The summed E-state index contributed by atoms with van der Waals surface area (Å²) in [5.41, 5.74) is 5.52. The Balaban J connectivity index is 2.07. The van der Waals surface area contributed by atoms with Crippen LogP contribution in [0.25, 0.3) is 22.3 Å². The molecule has 5 heteroatoms. The number of carbonyl (C=O) groups is 1. The van der Waals surface area contributed by atoms with Gasteiger partial charge in [0.1, 0.15) is 5.75 Å². The highest BCUT2D eigenvalue weighted by molar-refractivity contribution is 5.93. The van der Waals surface area contributed by atoms with Gasteiger partial charge in [0.15, 0.2) is 11.2 Å². The van der Waals surface area contributed by atoms with E-state index in [-0.39, 0.29) is 5.97 Å². The number of rotatable bonds is 1. The zero-order valence-corrected chi connectivity index (χ0v) is 12.8. The average molecular weight is 310 g/mol. The minimum atomic E-state index is -0.722. The van der Waals surface area contributed by atoms with Crippen molar-refractivity contribution in [1.82, 2.24) is 0 Å². The van der Waals surface area contributed by atoms with Crippen molar-refractivity contribution in [1.29, 1.82) is 0 Å². The molecule has 0 spiro atoms. The number of fused-ring (bicyclic) bond motifs is 2. The van der Waals surface area contributed by atoms with E-state index in [0.29, 0.717) is 29.8 Å². The summed E-state index contributed by atoms with van der Waals surface area (Å²) in [6, 6.07) is 7.44. The maximum absolute atomic E-state index is 11.5. The molecule has 116 valence electrons. The van der Waals surface area contributed by atoms with E-state index >= 15 is 0 Å². The molecular weight excluding hydrogens is 296 g/mol. The van der Waals surface area contributed by atoms with Crippen molar-refractivity contribution in [2.75, 3.05) is 0 Å². The molecular formula is C18H14O5. The van der Waals surface area contributed by atoms with E-state index in [1.807, 2.05) is 32.0 Å². The van der Waals surface area contributed by atoms with E-state index in [0.717, 1.165) is 27.8 Å². The predicted octanol–water partition coefficient (Wildman–Crippen LogP) is 3.52. The second-order valence-electron chi connectivity index (χ2n) is 5.80. The van der Waals surface area contributed by atoms with Gasteiger partial charge in [0, 0.05) is 11.1 Å². The third kappa shape index (κ3) is 2.16. The van der Waals surface area contributed by atoms with Crippen molar-refractivity contribution >= 4 is 17.1 Å². The van der Waals surface area contributed by atoms with Crippen LogP contribution < -0.4 is 10.6 Å². The van der Waals surface area contributed by atoms with Gasteiger partial charge in [-0.1, -0.05) is 6.07 Å². The van der Waals surface area contributed by atoms with Gasteiger partial charge in [-0.3, -0.25) is 4.79 Å². The molecule has 3 aromatic rings. The summed E-state index contributed by atoms with van der Waals surface area (Å²) in [6.07, 6.45) is 0.941. The monoisotopic (exact) mass is 310 g/mol. The van der Waals surface area contributed by atoms with Crippen molar-refractivity contribution in [2.24, 2.45) is 0 Å². The fraction of sp³-hybridized carbons (Fsp3) is 0.222. The lowest BCUT2D eigenvalue weighted by Gasteiger charge is -2.21. The summed E-state index contributed by atoms with van der Waals surface area (Å²) in [5, 5.41) is 0. The Kier molecular flexibility index (Phi) is 2.91. The summed E-state index contributed by atoms with van der Waals surface area (Å²) in [5.74, 6) is -0.375. The van der Waals surface area contributed by atoms with Crippen molar-refractivity contribution < 1.29 is 18.4 Å². The third-order valence-corrected chi connectivity index (χ3v) is 4.13. The van der Waals surface area contributed by atoms with Crippen LogP contribution in [0.4, 0.5) is 0 Å². The van der Waals surface area contributed by atoms with Gasteiger partial charge in [-0.15, -0.1) is 0 Å². The largest absolute Gasteiger partial charge is 0.519 e. The molecule has 1 aliphatic rings. The van der Waals surface area contributed by atoms with Crippen LogP contribution >= 0.6 is 0 Å². The Morgan fingerprint density at radius 2 is 1.83 bits per heavy atom. The molecule has 0 radical (unpaired) electrons. The van der Waals surface area contributed by atoms with Crippen molar-refractivity contribution in [3.8, 4) is 16.9 Å². The molecule has 0 fully saturated rings. The Labute approximate surface area is 131 Å². The number of benzene rings is 2. The molecule has 2 aromatic carbocycles. The number of hydrogen-bond acceptors (Lipinski definition) is 5. The molecule has 5 nitrogen and oxygen atoms in total. The SMILES string of the molecule is Cc1cc(-c2c(C)ccc3c2CCC(=O)O3)c2oc(=O)oc2c1. The highest BCUT2D eigenvalue weighted by Crippen LogP contribution is 2.40. The first-order valence-electron chi connectivity index (χ1n) is 7.41. The molecule has 0 aliphatic carbocycles. The number of aryl methyl sites for hydroxylation is 2. The van der Waals surface area contributed by atoms with E-state index in [1.165, 1.54) is 0 Å². The summed E-state index contributed by atoms with van der Waals surface area (Å²) in [4.78, 5) is 23.0. The summed E-state index contributed by atoms with van der Waals surface area (Å²) < 4.78 is 15.7. The van der Waals surface area contributed by atoms with E-state index in [4.69, 9.17) is 13.6 Å². The Morgan fingerprint density at radius 3 is 2.65 bits per heavy atom. The van der Waals surface area contributed by atoms with E-state index in [2.05, 4.69) is 0 Å². The van der Waals surface area contributed by atoms with Gasteiger partial charge >= 0.3 is 11.8 Å². The fourth-order valence-electron chi connectivity index (χ4n) is 3.17. The van der Waals surface area contributed by atoms with Crippen LogP contribution in [0.5, 0.6) is 5.75 Å². The van der Waals surface area contributed by atoms with Crippen LogP contribution in [0.2, 0.25) is 0 Å². The Bertz CT molecular complexity index is 1010. The van der Waals surface area contributed by atoms with Gasteiger partial charge in [0.2, 0.25) is 0 Å². The first-order valence-corrected chi connectivity index (χ1v) is 7.41. The van der Waals surface area contributed by atoms with Gasteiger partial charge in [-0.05, 0) is 55.2 Å². The highest BCUT2D eigenvalue weighted by atomic mass is 16.6. The molecule has 2 heterocycles. The van der Waals surface area contributed by atoms with Crippen LogP contribution in [-0.2, 0) is 11.2 Å². The zero-order valence-electron chi connectivity index (χ0n) is 12.8. The molecule has 4 rings (SSSR count). The molecule has 0 saturated carbocycles. The lowest BCUT2D eigenvalue weighted by molar-refractivity contribution is -0.135. The van der Waals surface area contributed by atoms with Crippen LogP contribution in [0, 0.1) is 13.8 Å². The van der Waals surface area contributed by atoms with E-state index < -0.39 is 5.82 Å². The van der Waals surface area contributed by atoms with Gasteiger partial charge in [-0.25, -0.2) is 4.79 Å². The van der Waals surface area contributed by atoms with E-state index in [9.17, 15) is 9.59 Å². The van der Waals surface area contributed by atoms with Crippen molar-refractivity contribution in [3.05, 3.63) is 51.6 Å². The summed E-state index contributed by atoms with van der Waals surface area (Å²) in [7, 11) is 0.